The fraction of sp³-hybridized carbons (Fsp3) is 0.321. The number of benzene rings is 5. The maximum absolute atomic E-state index is 13.6. The van der Waals surface area contributed by atoms with Crippen LogP contribution in [0.4, 0.5) is 0 Å². The van der Waals surface area contributed by atoms with Crippen LogP contribution in [0.5, 0.6) is 0 Å². The number of Topliss-reactive ketones (excluding diaryl/α,β-unsaturated/α-hetero) is 2. The summed E-state index contributed by atoms with van der Waals surface area (Å²) in [4.78, 5) is 106. The average molecular weight is 1050 g/mol. The predicted molar refractivity (Wildman–Crippen MR) is 280 cm³/mol. The molecule has 0 unspecified atom stereocenters. The molecule has 390 valence electrons. The van der Waals surface area contributed by atoms with Crippen molar-refractivity contribution in [1.82, 2.24) is 9.80 Å². The molecule has 0 atom stereocenters. The Labute approximate surface area is 439 Å². The molecule has 0 aliphatic carbocycles. The van der Waals surface area contributed by atoms with E-state index in [1.165, 1.54) is 111 Å². The molecule has 5 aromatic rings. The summed E-state index contributed by atoms with van der Waals surface area (Å²) in [5, 5.41) is 0. The molecule has 0 radical (unpaired) electrons. The summed E-state index contributed by atoms with van der Waals surface area (Å²) in [7, 11) is 6.11. The number of ether oxygens (including phenoxy) is 6. The van der Waals surface area contributed by atoms with Gasteiger partial charge < -0.3 is 28.4 Å². The molecule has 16 nitrogen and oxygen atoms in total. The lowest BCUT2D eigenvalue weighted by molar-refractivity contribution is 0.0390. The number of methoxy groups -OCH3 is 2. The van der Waals surface area contributed by atoms with Crippen LogP contribution in [-0.4, -0.2) is 148 Å². The lowest BCUT2D eigenvalue weighted by atomic mass is 9.91. The van der Waals surface area contributed by atoms with Crippen molar-refractivity contribution in [3.05, 3.63) is 166 Å². The molecule has 0 heterocycles. The van der Waals surface area contributed by atoms with Crippen LogP contribution in [0.1, 0.15) is 111 Å². The van der Waals surface area contributed by atoms with Gasteiger partial charge in [-0.2, -0.15) is 0 Å². The lowest BCUT2D eigenvalue weighted by Gasteiger charge is -2.34. The van der Waals surface area contributed by atoms with E-state index in [9.17, 15) is 38.4 Å². The second-order valence-electron chi connectivity index (χ2n) is 17.6. The first kappa shape index (κ1) is 57.8. The monoisotopic (exact) mass is 1050 g/mol. The highest BCUT2D eigenvalue weighted by Gasteiger charge is 2.34. The van der Waals surface area contributed by atoms with Gasteiger partial charge >= 0.3 is 35.8 Å². The number of nitrogens with zero attached hydrogens (tertiary/aromatic N) is 2. The standard InChI is InChI=1S/C56H60N2O14S2/c1-55(2,57(5)29-31-69-51(63)41-13-9-39(10-14-41)49(61)67-7)47(59)37-23-27-46(28-24-37)74-36-34-72-54(66)44-19-17-42(18-20-44)52(64)70-32-30-58(6)56(3,4)48(60)38-21-25-45(26-22-38)73-35-33-71-53(65)43-15-11-40(12-16-43)50(62)68-8/h9-28H,29-36H2,1-8H3. The van der Waals surface area contributed by atoms with E-state index >= 15 is 0 Å². The Morgan fingerprint density at radius 1 is 0.365 bits per heavy atom. The van der Waals surface area contributed by atoms with Gasteiger partial charge in [0.2, 0.25) is 0 Å². The maximum Gasteiger partial charge on any atom is 0.338 e. The molecule has 0 amide bonds. The Kier molecular flexibility index (Phi) is 21.3. The largest absolute Gasteiger partial charge is 0.465 e. The van der Waals surface area contributed by atoms with Gasteiger partial charge in [-0.1, -0.05) is 24.3 Å². The number of thioether (sulfide) groups is 2. The van der Waals surface area contributed by atoms with Crippen LogP contribution in [0.15, 0.2) is 131 Å². The third-order valence-electron chi connectivity index (χ3n) is 12.2. The highest BCUT2D eigenvalue weighted by Crippen LogP contribution is 2.25. The van der Waals surface area contributed by atoms with Gasteiger partial charge in [0.05, 0.1) is 58.7 Å². The highest BCUT2D eigenvalue weighted by atomic mass is 32.2. The van der Waals surface area contributed by atoms with Crippen LogP contribution >= 0.6 is 23.5 Å². The minimum Gasteiger partial charge on any atom is -0.465 e. The van der Waals surface area contributed by atoms with Crippen molar-refractivity contribution in [1.29, 1.82) is 0 Å². The normalized spacial score (nSPS) is 11.4. The Bertz CT molecular complexity index is 2760. The minimum absolute atomic E-state index is 0.0152. The molecular weight excluding hydrogens is 989 g/mol. The van der Waals surface area contributed by atoms with E-state index in [0.717, 1.165) is 9.79 Å². The fourth-order valence-corrected chi connectivity index (χ4v) is 8.41. The van der Waals surface area contributed by atoms with E-state index in [0.29, 0.717) is 45.9 Å². The molecule has 0 saturated heterocycles. The number of hydrogen-bond acceptors (Lipinski definition) is 18. The van der Waals surface area contributed by atoms with Crippen LogP contribution in [0.25, 0.3) is 0 Å². The Balaban J connectivity index is 0.964. The molecule has 74 heavy (non-hydrogen) atoms. The van der Waals surface area contributed by atoms with E-state index in [1.807, 2.05) is 34.1 Å². The van der Waals surface area contributed by atoms with Crippen molar-refractivity contribution < 1.29 is 66.8 Å². The first-order chi connectivity index (χ1) is 35.3. The molecule has 5 rings (SSSR count). The summed E-state index contributed by atoms with van der Waals surface area (Å²) < 4.78 is 31.1. The Morgan fingerprint density at radius 2 is 0.595 bits per heavy atom. The molecule has 0 bridgehead atoms. The Morgan fingerprint density at radius 3 is 0.851 bits per heavy atom. The smallest absolute Gasteiger partial charge is 0.338 e. The molecule has 0 fully saturated rings. The van der Waals surface area contributed by atoms with Crippen molar-refractivity contribution in [3.63, 3.8) is 0 Å². The molecular formula is C56H60N2O14S2. The van der Waals surface area contributed by atoms with E-state index in [4.69, 9.17) is 18.9 Å². The summed E-state index contributed by atoms with van der Waals surface area (Å²) >= 11 is 2.92. The molecule has 0 saturated carbocycles. The number of carbonyl (C=O) groups excluding carboxylic acids is 8. The van der Waals surface area contributed by atoms with Crippen molar-refractivity contribution in [2.45, 2.75) is 48.6 Å². The number of rotatable bonds is 26. The van der Waals surface area contributed by atoms with Gasteiger partial charge in [-0.25, -0.2) is 28.8 Å². The molecule has 0 spiro atoms. The number of carbonyl (C=O) groups is 8. The summed E-state index contributed by atoms with van der Waals surface area (Å²) in [6.45, 7) is 8.10. The van der Waals surface area contributed by atoms with Crippen molar-refractivity contribution >= 4 is 70.9 Å². The molecule has 0 aliphatic heterocycles. The van der Waals surface area contributed by atoms with E-state index in [1.54, 1.807) is 66.1 Å². The van der Waals surface area contributed by atoms with Crippen LogP contribution < -0.4 is 0 Å². The van der Waals surface area contributed by atoms with Gasteiger partial charge in [0.1, 0.15) is 26.4 Å². The second kappa shape index (κ2) is 27.2. The number of likely N-dealkylation sites (N-methyl/N-ethyl adjacent to an activating group) is 2. The zero-order chi connectivity index (χ0) is 54.0. The van der Waals surface area contributed by atoms with Gasteiger partial charge in [-0.05, 0) is 139 Å². The van der Waals surface area contributed by atoms with Crippen LogP contribution in [0.3, 0.4) is 0 Å². The molecule has 18 heteroatoms. The quantitative estimate of drug-likeness (QED) is 0.0167. The van der Waals surface area contributed by atoms with E-state index in [-0.39, 0.29) is 61.2 Å². The van der Waals surface area contributed by atoms with Crippen molar-refractivity contribution in [2.75, 3.05) is 79.3 Å². The maximum atomic E-state index is 13.6. The minimum atomic E-state index is -0.929. The van der Waals surface area contributed by atoms with Crippen LogP contribution in [0, 0.1) is 0 Å². The second-order valence-corrected chi connectivity index (χ2v) is 20.0. The molecule has 0 aliphatic rings. The highest BCUT2D eigenvalue weighted by molar-refractivity contribution is 7.99. The lowest BCUT2D eigenvalue weighted by Crippen LogP contribution is -2.49. The number of esters is 6. The SMILES string of the molecule is COC(=O)c1ccc(C(=O)OCCSc2ccc(C(=O)C(C)(C)N(C)CCOC(=O)c3ccc(C(=O)OCCSc4ccc(C(=O)C(C)(C)N(C)CCOC(=O)c5ccc(C(=O)OC)cc5)cc4)cc3)cc2)cc1. The van der Waals surface area contributed by atoms with Crippen LogP contribution in [0.2, 0.25) is 0 Å². The van der Waals surface area contributed by atoms with Crippen LogP contribution in [-0.2, 0) is 28.4 Å². The number of hydrogen-bond donors (Lipinski definition) is 0. The van der Waals surface area contributed by atoms with E-state index < -0.39 is 46.9 Å². The first-order valence-corrected chi connectivity index (χ1v) is 25.4. The molecule has 0 aromatic heterocycles. The fourth-order valence-electron chi connectivity index (χ4n) is 6.95. The first-order valence-electron chi connectivity index (χ1n) is 23.4. The van der Waals surface area contributed by atoms with Gasteiger partial charge in [-0.15, -0.1) is 23.5 Å². The Hall–Kier alpha value is -7.12. The molecule has 5 aromatic carbocycles. The van der Waals surface area contributed by atoms with Gasteiger partial charge in [0, 0.05) is 45.5 Å². The summed E-state index contributed by atoms with van der Waals surface area (Å²) in [6, 6.07) is 32.2. The zero-order valence-electron chi connectivity index (χ0n) is 42.6. The zero-order valence-corrected chi connectivity index (χ0v) is 44.3. The predicted octanol–water partition coefficient (Wildman–Crippen LogP) is 8.66. The summed E-state index contributed by atoms with van der Waals surface area (Å²) in [6.07, 6.45) is 0. The van der Waals surface area contributed by atoms with Gasteiger partial charge in [0.25, 0.3) is 0 Å². The topological polar surface area (TPSA) is 198 Å². The summed E-state index contributed by atoms with van der Waals surface area (Å²) in [5.41, 5.74) is 0.944. The molecule has 0 N–H and O–H groups in total. The third kappa shape index (κ3) is 15.9. The number of ketones is 2. The van der Waals surface area contributed by atoms with Gasteiger partial charge in [-0.3, -0.25) is 19.4 Å². The summed E-state index contributed by atoms with van der Waals surface area (Å²) in [5.74, 6) is -2.48. The third-order valence-corrected chi connectivity index (χ3v) is 14.1. The van der Waals surface area contributed by atoms with Gasteiger partial charge in [0.15, 0.2) is 11.6 Å². The van der Waals surface area contributed by atoms with Crippen molar-refractivity contribution in [2.24, 2.45) is 0 Å². The van der Waals surface area contributed by atoms with Crippen molar-refractivity contribution in [3.8, 4) is 0 Å². The van der Waals surface area contributed by atoms with E-state index in [2.05, 4.69) is 9.47 Å². The average Bonchev–Trinajstić information content (AvgIpc) is 3.42.